The van der Waals surface area contributed by atoms with Gasteiger partial charge in [-0.25, -0.2) is 0 Å². The molecule has 1 heterocycles. The molecule has 104 valence electrons. The molecule has 1 aliphatic heterocycles. The fourth-order valence-corrected chi connectivity index (χ4v) is 3.40. The third-order valence-electron chi connectivity index (χ3n) is 3.33. The molecule has 2 N–H and O–H groups in total. The fourth-order valence-electron chi connectivity index (χ4n) is 2.15. The Balaban J connectivity index is 1.85. The molecule has 19 heavy (non-hydrogen) atoms. The van der Waals surface area contributed by atoms with Crippen LogP contribution in [0.15, 0.2) is 24.3 Å². The molecule has 0 atom stereocenters. The lowest BCUT2D eigenvalue weighted by molar-refractivity contribution is -0.384. The highest BCUT2D eigenvalue weighted by Gasteiger charge is 2.28. The first-order valence-electron chi connectivity index (χ1n) is 6.33. The summed E-state index contributed by atoms with van der Waals surface area (Å²) in [7, 11) is 0. The van der Waals surface area contributed by atoms with Crippen LogP contribution in [0.25, 0.3) is 0 Å². The van der Waals surface area contributed by atoms with Crippen molar-refractivity contribution in [3.05, 3.63) is 39.9 Å². The second-order valence-corrected chi connectivity index (χ2v) is 6.09. The van der Waals surface area contributed by atoms with E-state index in [0.717, 1.165) is 29.9 Å². The Labute approximate surface area is 116 Å². The molecule has 2 rings (SSSR count). The summed E-state index contributed by atoms with van der Waals surface area (Å²) in [4.78, 5) is 10.3. The number of aliphatic hydroxyl groups is 1. The quantitative estimate of drug-likeness (QED) is 0.637. The number of rotatable bonds is 5. The first-order valence-corrected chi connectivity index (χ1v) is 7.49. The average molecular weight is 282 g/mol. The third kappa shape index (κ3) is 4.19. The summed E-state index contributed by atoms with van der Waals surface area (Å²) in [5.41, 5.74) is 0.349. The maximum atomic E-state index is 10.7. The minimum Gasteiger partial charge on any atom is -0.389 e. The van der Waals surface area contributed by atoms with Gasteiger partial charge in [-0.05, 0) is 29.9 Å². The van der Waals surface area contributed by atoms with Gasteiger partial charge in [-0.3, -0.25) is 10.1 Å². The van der Waals surface area contributed by atoms with Crippen molar-refractivity contribution < 1.29 is 10.0 Å². The lowest BCUT2D eigenvalue weighted by Crippen LogP contribution is -2.43. The largest absolute Gasteiger partial charge is 0.389 e. The van der Waals surface area contributed by atoms with Crippen molar-refractivity contribution in [3.8, 4) is 0 Å². The van der Waals surface area contributed by atoms with Gasteiger partial charge in [0.05, 0.1) is 10.5 Å². The highest BCUT2D eigenvalue weighted by Crippen LogP contribution is 2.26. The van der Waals surface area contributed by atoms with Crippen molar-refractivity contribution >= 4 is 17.4 Å². The predicted octanol–water partition coefficient (Wildman–Crippen LogP) is 1.94. The van der Waals surface area contributed by atoms with Crippen LogP contribution < -0.4 is 5.32 Å². The van der Waals surface area contributed by atoms with E-state index in [0.29, 0.717) is 13.1 Å². The second kappa shape index (κ2) is 6.36. The molecule has 1 aliphatic rings. The van der Waals surface area contributed by atoms with Crippen molar-refractivity contribution in [2.24, 2.45) is 0 Å². The van der Waals surface area contributed by atoms with E-state index in [9.17, 15) is 15.2 Å². The topological polar surface area (TPSA) is 75.4 Å². The summed E-state index contributed by atoms with van der Waals surface area (Å²) in [5.74, 6) is 1.99. The number of hydrogen-bond donors (Lipinski definition) is 2. The SMILES string of the molecule is O=[N+]([O-])c1cccc(CNCC2(O)CCSCC2)c1. The Morgan fingerprint density at radius 2 is 2.16 bits per heavy atom. The monoisotopic (exact) mass is 282 g/mol. The van der Waals surface area contributed by atoms with Crippen molar-refractivity contribution in [1.29, 1.82) is 0 Å². The highest BCUT2D eigenvalue weighted by atomic mass is 32.2. The van der Waals surface area contributed by atoms with Crippen LogP contribution in [0.5, 0.6) is 0 Å². The van der Waals surface area contributed by atoms with Gasteiger partial charge < -0.3 is 10.4 Å². The van der Waals surface area contributed by atoms with Crippen LogP contribution >= 0.6 is 11.8 Å². The summed E-state index contributed by atoms with van der Waals surface area (Å²) >= 11 is 1.87. The van der Waals surface area contributed by atoms with Crippen molar-refractivity contribution in [2.45, 2.75) is 25.0 Å². The molecule has 0 radical (unpaired) electrons. The number of nitro groups is 1. The normalized spacial score (nSPS) is 18.2. The molecule has 1 aromatic carbocycles. The maximum Gasteiger partial charge on any atom is 0.269 e. The molecule has 1 aromatic rings. The van der Waals surface area contributed by atoms with Crippen LogP contribution in [-0.4, -0.2) is 33.7 Å². The Morgan fingerprint density at radius 3 is 2.84 bits per heavy atom. The standard InChI is InChI=1S/C13H18N2O3S/c16-13(4-6-19-7-5-13)10-14-9-11-2-1-3-12(8-11)15(17)18/h1-3,8,14,16H,4-7,9-10H2. The van der Waals surface area contributed by atoms with Gasteiger partial charge in [0.15, 0.2) is 0 Å². The molecule has 0 aliphatic carbocycles. The van der Waals surface area contributed by atoms with Gasteiger partial charge in [0.25, 0.3) is 5.69 Å². The number of hydrogen-bond acceptors (Lipinski definition) is 5. The number of nitrogens with one attached hydrogen (secondary N) is 1. The Kier molecular flexibility index (Phi) is 4.79. The molecule has 0 saturated carbocycles. The molecule has 0 amide bonds. The fraction of sp³-hybridized carbons (Fsp3) is 0.538. The molecular weight excluding hydrogens is 264 g/mol. The van der Waals surface area contributed by atoms with E-state index in [1.165, 1.54) is 6.07 Å². The summed E-state index contributed by atoms with van der Waals surface area (Å²) in [6.07, 6.45) is 1.61. The maximum absolute atomic E-state index is 10.7. The molecule has 0 bridgehead atoms. The third-order valence-corrected chi connectivity index (χ3v) is 4.31. The van der Waals surface area contributed by atoms with E-state index in [4.69, 9.17) is 0 Å². The van der Waals surface area contributed by atoms with Crippen molar-refractivity contribution in [1.82, 2.24) is 5.32 Å². The van der Waals surface area contributed by atoms with Gasteiger partial charge in [0.1, 0.15) is 0 Å². The zero-order valence-corrected chi connectivity index (χ0v) is 11.5. The summed E-state index contributed by atoms with van der Waals surface area (Å²) in [5, 5.41) is 24.2. The van der Waals surface area contributed by atoms with Crippen LogP contribution in [0.1, 0.15) is 18.4 Å². The molecule has 5 nitrogen and oxygen atoms in total. The zero-order valence-electron chi connectivity index (χ0n) is 10.7. The lowest BCUT2D eigenvalue weighted by atomic mass is 9.97. The highest BCUT2D eigenvalue weighted by molar-refractivity contribution is 7.99. The zero-order chi connectivity index (χ0) is 13.7. The van der Waals surface area contributed by atoms with Crippen molar-refractivity contribution in [2.75, 3.05) is 18.1 Å². The minimum absolute atomic E-state index is 0.104. The van der Waals surface area contributed by atoms with Crippen LogP contribution in [0.3, 0.4) is 0 Å². The predicted molar refractivity (Wildman–Crippen MR) is 76.3 cm³/mol. The van der Waals surface area contributed by atoms with Gasteiger partial charge in [-0.15, -0.1) is 0 Å². The van der Waals surface area contributed by atoms with Crippen LogP contribution in [0, 0.1) is 10.1 Å². The summed E-state index contributed by atoms with van der Waals surface area (Å²) < 4.78 is 0. The molecular formula is C13H18N2O3S. The minimum atomic E-state index is -0.619. The average Bonchev–Trinajstić information content (AvgIpc) is 2.39. The van der Waals surface area contributed by atoms with Gasteiger partial charge in [-0.2, -0.15) is 11.8 Å². The van der Waals surface area contributed by atoms with Gasteiger partial charge in [0.2, 0.25) is 0 Å². The van der Waals surface area contributed by atoms with Crippen LogP contribution in [0.4, 0.5) is 5.69 Å². The lowest BCUT2D eigenvalue weighted by Gasteiger charge is -2.32. The number of benzene rings is 1. The van der Waals surface area contributed by atoms with E-state index >= 15 is 0 Å². The Hall–Kier alpha value is -1.11. The molecule has 1 saturated heterocycles. The summed E-state index contributed by atoms with van der Waals surface area (Å²) in [6, 6.07) is 6.57. The van der Waals surface area contributed by atoms with E-state index in [-0.39, 0.29) is 5.69 Å². The van der Waals surface area contributed by atoms with Gasteiger partial charge >= 0.3 is 0 Å². The first kappa shape index (κ1) is 14.3. The molecule has 0 aromatic heterocycles. The van der Waals surface area contributed by atoms with Gasteiger partial charge in [-0.1, -0.05) is 12.1 Å². The number of thioether (sulfide) groups is 1. The first-order chi connectivity index (χ1) is 9.09. The van der Waals surface area contributed by atoms with Crippen LogP contribution in [-0.2, 0) is 6.54 Å². The molecule has 0 unspecified atom stereocenters. The van der Waals surface area contributed by atoms with E-state index in [1.807, 2.05) is 17.8 Å². The van der Waals surface area contributed by atoms with E-state index < -0.39 is 10.5 Å². The Morgan fingerprint density at radius 1 is 1.42 bits per heavy atom. The number of nitro benzene ring substituents is 1. The molecule has 0 spiro atoms. The molecule has 1 fully saturated rings. The van der Waals surface area contributed by atoms with Crippen LogP contribution in [0.2, 0.25) is 0 Å². The smallest absolute Gasteiger partial charge is 0.269 e. The molecule has 6 heteroatoms. The van der Waals surface area contributed by atoms with E-state index in [1.54, 1.807) is 12.1 Å². The number of nitrogens with zero attached hydrogens (tertiary/aromatic N) is 1. The summed E-state index contributed by atoms with van der Waals surface area (Å²) in [6.45, 7) is 1.08. The van der Waals surface area contributed by atoms with Crippen molar-refractivity contribution in [3.63, 3.8) is 0 Å². The van der Waals surface area contributed by atoms with Gasteiger partial charge in [0, 0.05) is 25.2 Å². The van der Waals surface area contributed by atoms with E-state index in [2.05, 4.69) is 5.32 Å². The Bertz CT molecular complexity index is 447. The number of non-ortho nitro benzene ring substituents is 1. The second-order valence-electron chi connectivity index (χ2n) is 4.87.